The Morgan fingerprint density at radius 1 is 0.966 bits per heavy atom. The fourth-order valence-electron chi connectivity index (χ4n) is 1.84. The van der Waals surface area contributed by atoms with E-state index in [4.69, 9.17) is 11.6 Å². The zero-order valence-corrected chi connectivity index (χ0v) is 14.6. The van der Waals surface area contributed by atoms with E-state index >= 15 is 0 Å². The van der Waals surface area contributed by atoms with Crippen molar-refractivity contribution in [1.29, 1.82) is 0 Å². The van der Waals surface area contributed by atoms with Crippen LogP contribution in [-0.2, 0) is 17.1 Å². The molecular formula is C13H7ClF6N6O3. The molecule has 156 valence electrons. The number of hydrogen-bond donors (Lipinski definition) is 2. The lowest BCUT2D eigenvalue weighted by atomic mass is 10.2. The molecule has 0 radical (unpaired) electrons. The van der Waals surface area contributed by atoms with E-state index in [0.717, 1.165) is 7.11 Å². The molecule has 29 heavy (non-hydrogen) atoms. The monoisotopic (exact) mass is 444 g/mol. The van der Waals surface area contributed by atoms with Crippen molar-refractivity contribution in [3.63, 3.8) is 0 Å². The molecule has 0 aliphatic heterocycles. The predicted octanol–water partition coefficient (Wildman–Crippen LogP) is 2.50. The molecule has 1 amide bonds. The smallest absolute Gasteiger partial charge is 0.434 e. The third-order valence-electron chi connectivity index (χ3n) is 3.02. The van der Waals surface area contributed by atoms with Gasteiger partial charge >= 0.3 is 18.3 Å². The van der Waals surface area contributed by atoms with E-state index in [1.165, 1.54) is 0 Å². The molecule has 0 atom stereocenters. The summed E-state index contributed by atoms with van der Waals surface area (Å²) in [5.74, 6) is -3.72. The van der Waals surface area contributed by atoms with Gasteiger partial charge in [-0.25, -0.2) is 24.7 Å². The molecular weight excluding hydrogens is 438 g/mol. The van der Waals surface area contributed by atoms with Gasteiger partial charge in [-0.3, -0.25) is 15.6 Å². The van der Waals surface area contributed by atoms with Crippen LogP contribution in [0, 0.1) is 0 Å². The maximum Gasteiger partial charge on any atom is 0.434 e. The van der Waals surface area contributed by atoms with Crippen molar-refractivity contribution in [2.24, 2.45) is 0 Å². The van der Waals surface area contributed by atoms with Crippen LogP contribution < -0.4 is 10.9 Å². The topological polar surface area (TPSA) is 119 Å². The van der Waals surface area contributed by atoms with Crippen molar-refractivity contribution in [1.82, 2.24) is 25.4 Å². The number of amides is 1. The van der Waals surface area contributed by atoms with Crippen LogP contribution in [0.4, 0.5) is 32.3 Å². The number of nitrogens with one attached hydrogen (secondary N) is 2. The number of anilines is 1. The van der Waals surface area contributed by atoms with Crippen LogP contribution in [-0.4, -0.2) is 38.9 Å². The largest absolute Gasteiger partial charge is 0.465 e. The fraction of sp³-hybridized carbons (Fsp3) is 0.231. The number of carbonyl (C=O) groups excluding carboxylic acids is 2. The Labute approximate surface area is 161 Å². The summed E-state index contributed by atoms with van der Waals surface area (Å²) in [4.78, 5) is 35.9. The van der Waals surface area contributed by atoms with Gasteiger partial charge in [0.05, 0.1) is 12.7 Å². The van der Waals surface area contributed by atoms with Gasteiger partial charge in [0.1, 0.15) is 5.56 Å². The second-order valence-electron chi connectivity index (χ2n) is 4.92. The lowest BCUT2D eigenvalue weighted by Crippen LogP contribution is -2.33. The summed E-state index contributed by atoms with van der Waals surface area (Å²) in [7, 11) is 0.835. The lowest BCUT2D eigenvalue weighted by Gasteiger charge is -2.14. The molecule has 0 saturated heterocycles. The van der Waals surface area contributed by atoms with E-state index in [1.807, 2.05) is 0 Å². The quantitative estimate of drug-likeness (QED) is 0.319. The summed E-state index contributed by atoms with van der Waals surface area (Å²) in [6.07, 6.45) is -9.23. The van der Waals surface area contributed by atoms with Crippen molar-refractivity contribution in [2.45, 2.75) is 12.4 Å². The number of aromatic nitrogens is 4. The number of ether oxygens (including phenoxy) is 1. The zero-order valence-electron chi connectivity index (χ0n) is 13.8. The number of alkyl halides is 6. The number of hydrogen-bond acceptors (Lipinski definition) is 8. The maximum atomic E-state index is 13.0. The number of halogens is 7. The van der Waals surface area contributed by atoms with Gasteiger partial charge in [-0.2, -0.15) is 26.3 Å². The minimum absolute atomic E-state index is 0.461. The van der Waals surface area contributed by atoms with Crippen LogP contribution in [0.1, 0.15) is 32.1 Å². The maximum absolute atomic E-state index is 13.0. The molecule has 0 aliphatic rings. The summed E-state index contributed by atoms with van der Waals surface area (Å²) in [5, 5.41) is -0.779. The molecule has 2 heterocycles. The second kappa shape index (κ2) is 8.02. The van der Waals surface area contributed by atoms with Gasteiger partial charge < -0.3 is 4.74 Å². The molecule has 9 nitrogen and oxygen atoms in total. The molecule has 16 heteroatoms. The molecule has 0 bridgehead atoms. The van der Waals surface area contributed by atoms with Crippen LogP contribution in [0.5, 0.6) is 0 Å². The van der Waals surface area contributed by atoms with Crippen molar-refractivity contribution in [3.8, 4) is 0 Å². The Hall–Kier alpha value is -3.23. The van der Waals surface area contributed by atoms with Crippen LogP contribution in [0.15, 0.2) is 12.4 Å². The third-order valence-corrected chi connectivity index (χ3v) is 3.21. The molecule has 0 fully saturated rings. The Balaban J connectivity index is 2.29. The van der Waals surface area contributed by atoms with Crippen LogP contribution >= 0.6 is 11.6 Å². The number of rotatable bonds is 4. The molecule has 2 rings (SSSR count). The molecule has 0 unspecified atom stereocenters. The van der Waals surface area contributed by atoms with Gasteiger partial charge in [0.2, 0.25) is 11.2 Å². The average Bonchev–Trinajstić information content (AvgIpc) is 2.63. The standard InChI is InChI=1S/C13H7ClF6N6O3/c1-29-9(28)5-3-22-11(24-7(5)13(18,19)20)26-25-8(27)4-2-21-10(14)23-6(4)12(15,16)17/h2-3H,1H3,(H,25,27)(H,22,24,26). The molecule has 0 saturated carbocycles. The Morgan fingerprint density at radius 3 is 2.07 bits per heavy atom. The highest BCUT2D eigenvalue weighted by Crippen LogP contribution is 2.32. The Kier molecular flexibility index (Phi) is 6.10. The first-order valence-corrected chi connectivity index (χ1v) is 7.41. The highest BCUT2D eigenvalue weighted by molar-refractivity contribution is 6.28. The molecule has 0 aliphatic carbocycles. The number of carbonyl (C=O) groups is 2. The minimum atomic E-state index is -5.10. The summed E-state index contributed by atoms with van der Waals surface area (Å²) in [6.45, 7) is 0. The Bertz CT molecular complexity index is 952. The van der Waals surface area contributed by atoms with Crippen LogP contribution in [0.25, 0.3) is 0 Å². The van der Waals surface area contributed by atoms with Crippen molar-refractivity contribution >= 4 is 29.4 Å². The van der Waals surface area contributed by atoms with Gasteiger partial charge in [-0.1, -0.05) is 0 Å². The van der Waals surface area contributed by atoms with E-state index in [9.17, 15) is 35.9 Å². The highest BCUT2D eigenvalue weighted by Gasteiger charge is 2.39. The van der Waals surface area contributed by atoms with Crippen LogP contribution in [0.2, 0.25) is 5.28 Å². The van der Waals surface area contributed by atoms with Gasteiger partial charge in [0, 0.05) is 12.4 Å². The van der Waals surface area contributed by atoms with E-state index in [-0.39, 0.29) is 0 Å². The molecule has 2 aromatic heterocycles. The van der Waals surface area contributed by atoms with Crippen molar-refractivity contribution in [3.05, 3.63) is 40.2 Å². The van der Waals surface area contributed by atoms with Gasteiger partial charge in [-0.05, 0) is 11.6 Å². The van der Waals surface area contributed by atoms with E-state index in [1.54, 1.807) is 10.9 Å². The average molecular weight is 445 g/mol. The highest BCUT2D eigenvalue weighted by atomic mass is 35.5. The van der Waals surface area contributed by atoms with Crippen molar-refractivity contribution in [2.75, 3.05) is 12.5 Å². The van der Waals surface area contributed by atoms with E-state index < -0.39 is 58.0 Å². The van der Waals surface area contributed by atoms with E-state index in [2.05, 4.69) is 24.7 Å². The normalized spacial score (nSPS) is 11.7. The zero-order chi connectivity index (χ0) is 22.0. The molecule has 2 aromatic rings. The fourth-order valence-corrected chi connectivity index (χ4v) is 1.97. The van der Waals surface area contributed by atoms with Crippen molar-refractivity contribution < 1.29 is 40.7 Å². The number of methoxy groups -OCH3 is 1. The summed E-state index contributed by atoms with van der Waals surface area (Å²) in [5.41, 5.74) is -1.98. The molecule has 0 spiro atoms. The number of nitrogens with zero attached hydrogens (tertiary/aromatic N) is 4. The summed E-state index contributed by atoms with van der Waals surface area (Å²) < 4.78 is 82.2. The third kappa shape index (κ3) is 5.18. The first-order chi connectivity index (χ1) is 13.3. The number of esters is 1. The minimum Gasteiger partial charge on any atom is -0.465 e. The van der Waals surface area contributed by atoms with Gasteiger partial charge in [0.15, 0.2) is 11.4 Å². The lowest BCUT2D eigenvalue weighted by molar-refractivity contribution is -0.142. The Morgan fingerprint density at radius 2 is 1.52 bits per heavy atom. The first-order valence-electron chi connectivity index (χ1n) is 7.03. The molecule has 0 aromatic carbocycles. The second-order valence-corrected chi connectivity index (χ2v) is 5.26. The summed E-state index contributed by atoms with van der Waals surface area (Å²) in [6, 6.07) is 0. The first kappa shape index (κ1) is 22.1. The van der Waals surface area contributed by atoms with Gasteiger partial charge in [0.25, 0.3) is 5.91 Å². The van der Waals surface area contributed by atoms with Gasteiger partial charge in [-0.15, -0.1) is 0 Å². The SMILES string of the molecule is COC(=O)c1cnc(NNC(=O)c2cnc(Cl)nc2C(F)(F)F)nc1C(F)(F)F. The predicted molar refractivity (Wildman–Crippen MR) is 81.5 cm³/mol. The summed E-state index contributed by atoms with van der Waals surface area (Å²) >= 11 is 5.28. The number of hydrazine groups is 1. The van der Waals surface area contributed by atoms with Crippen LogP contribution in [0.3, 0.4) is 0 Å². The molecule has 2 N–H and O–H groups in total. The van der Waals surface area contributed by atoms with E-state index in [0.29, 0.717) is 12.4 Å².